The standard InChI is InChI=1S/C19H28N4O2.HI/c1-5-16-12-17(25-23-16)13-22-19(20-6-2)21-10-9-15-11-14(3)7-8-18(15)24-4;/h7-8,11-12H,5-6,9-10,13H2,1-4H3,(H2,20,21,22);1H. The molecule has 0 atom stereocenters. The Morgan fingerprint density at radius 3 is 2.69 bits per heavy atom. The van der Waals surface area contributed by atoms with E-state index in [1.165, 1.54) is 11.1 Å². The number of hydrogen-bond acceptors (Lipinski definition) is 4. The predicted molar refractivity (Wildman–Crippen MR) is 116 cm³/mol. The third kappa shape index (κ3) is 6.86. The van der Waals surface area contributed by atoms with E-state index in [2.05, 4.69) is 46.8 Å². The number of halogens is 1. The maximum absolute atomic E-state index is 5.43. The Morgan fingerprint density at radius 1 is 1.23 bits per heavy atom. The molecule has 6 nitrogen and oxygen atoms in total. The second kappa shape index (κ2) is 11.8. The molecule has 0 unspecified atom stereocenters. The van der Waals surface area contributed by atoms with Crippen molar-refractivity contribution in [2.24, 2.45) is 4.99 Å². The van der Waals surface area contributed by atoms with Crippen molar-refractivity contribution in [3.05, 3.63) is 46.8 Å². The Balaban J connectivity index is 0.00000338. The first-order valence-electron chi connectivity index (χ1n) is 8.76. The van der Waals surface area contributed by atoms with Gasteiger partial charge in [0.05, 0.1) is 12.8 Å². The van der Waals surface area contributed by atoms with Gasteiger partial charge in [0, 0.05) is 19.2 Å². The fourth-order valence-electron chi connectivity index (χ4n) is 2.51. The number of methoxy groups -OCH3 is 1. The maximum atomic E-state index is 5.43. The number of rotatable bonds is 8. The van der Waals surface area contributed by atoms with E-state index in [1.54, 1.807) is 7.11 Å². The molecule has 2 N–H and O–H groups in total. The smallest absolute Gasteiger partial charge is 0.191 e. The second-order valence-corrected chi connectivity index (χ2v) is 5.83. The molecule has 0 aliphatic rings. The average molecular weight is 472 g/mol. The van der Waals surface area contributed by atoms with Crippen LogP contribution < -0.4 is 15.4 Å². The highest BCUT2D eigenvalue weighted by Crippen LogP contribution is 2.19. The van der Waals surface area contributed by atoms with Crippen molar-refractivity contribution >= 4 is 29.9 Å². The number of aliphatic imine (C=N–C) groups is 1. The minimum absolute atomic E-state index is 0. The van der Waals surface area contributed by atoms with Crippen molar-refractivity contribution in [2.75, 3.05) is 20.2 Å². The van der Waals surface area contributed by atoms with Crippen molar-refractivity contribution in [2.45, 2.75) is 40.2 Å². The summed E-state index contributed by atoms with van der Waals surface area (Å²) in [5, 5.41) is 10.6. The summed E-state index contributed by atoms with van der Waals surface area (Å²) in [6, 6.07) is 8.18. The van der Waals surface area contributed by atoms with Crippen LogP contribution in [0.25, 0.3) is 0 Å². The monoisotopic (exact) mass is 472 g/mol. The lowest BCUT2D eigenvalue weighted by atomic mass is 10.1. The molecule has 0 aliphatic carbocycles. The van der Waals surface area contributed by atoms with Crippen molar-refractivity contribution < 1.29 is 9.26 Å². The Kier molecular flexibility index (Phi) is 10.1. The van der Waals surface area contributed by atoms with E-state index in [-0.39, 0.29) is 24.0 Å². The van der Waals surface area contributed by atoms with Gasteiger partial charge in [0.25, 0.3) is 0 Å². The fourth-order valence-corrected chi connectivity index (χ4v) is 2.51. The SMILES string of the molecule is CCNC(=NCc1cc(CC)no1)NCCc1cc(C)ccc1OC.I. The van der Waals surface area contributed by atoms with Gasteiger partial charge in [0.2, 0.25) is 0 Å². The molecule has 1 aromatic heterocycles. The molecule has 0 bridgehead atoms. The Morgan fingerprint density at radius 2 is 2.04 bits per heavy atom. The number of benzene rings is 1. The zero-order valence-electron chi connectivity index (χ0n) is 16.0. The molecule has 1 heterocycles. The normalized spacial score (nSPS) is 11.0. The molecule has 26 heavy (non-hydrogen) atoms. The number of guanidine groups is 1. The molecule has 1 aromatic carbocycles. The Labute approximate surface area is 172 Å². The molecule has 2 rings (SSSR count). The van der Waals surface area contributed by atoms with Gasteiger partial charge >= 0.3 is 0 Å². The first-order chi connectivity index (χ1) is 12.2. The Hall–Kier alpha value is -1.77. The van der Waals surface area contributed by atoms with Crippen LogP contribution in [0.15, 0.2) is 33.8 Å². The van der Waals surface area contributed by atoms with E-state index in [9.17, 15) is 0 Å². The van der Waals surface area contributed by atoms with Crippen LogP contribution in [0.2, 0.25) is 0 Å². The van der Waals surface area contributed by atoms with Gasteiger partial charge in [-0.15, -0.1) is 24.0 Å². The molecule has 0 radical (unpaired) electrons. The van der Waals surface area contributed by atoms with Crippen molar-refractivity contribution in [1.29, 1.82) is 0 Å². The lowest BCUT2D eigenvalue weighted by Gasteiger charge is -2.13. The zero-order chi connectivity index (χ0) is 18.1. The molecule has 0 saturated carbocycles. The van der Waals surface area contributed by atoms with Gasteiger partial charge in [-0.1, -0.05) is 29.8 Å². The number of aromatic nitrogens is 1. The third-order valence-electron chi connectivity index (χ3n) is 3.83. The van der Waals surface area contributed by atoms with E-state index in [0.29, 0.717) is 6.54 Å². The van der Waals surface area contributed by atoms with Crippen LogP contribution in [0.4, 0.5) is 0 Å². The second-order valence-electron chi connectivity index (χ2n) is 5.83. The summed E-state index contributed by atoms with van der Waals surface area (Å²) in [7, 11) is 1.70. The summed E-state index contributed by atoms with van der Waals surface area (Å²) >= 11 is 0. The van der Waals surface area contributed by atoms with Gasteiger partial charge < -0.3 is 19.9 Å². The van der Waals surface area contributed by atoms with Crippen molar-refractivity contribution in [3.8, 4) is 5.75 Å². The molecule has 2 aromatic rings. The van der Waals surface area contributed by atoms with Crippen LogP contribution in [0.3, 0.4) is 0 Å². The maximum Gasteiger partial charge on any atom is 0.191 e. The lowest BCUT2D eigenvalue weighted by molar-refractivity contribution is 0.379. The molecular weight excluding hydrogens is 443 g/mol. The highest BCUT2D eigenvalue weighted by atomic mass is 127. The van der Waals surface area contributed by atoms with Crippen molar-refractivity contribution in [3.63, 3.8) is 0 Å². The quantitative estimate of drug-likeness (QED) is 0.350. The molecule has 0 saturated heterocycles. The number of ether oxygens (including phenoxy) is 1. The third-order valence-corrected chi connectivity index (χ3v) is 3.83. The summed E-state index contributed by atoms with van der Waals surface area (Å²) in [6.45, 7) is 8.22. The number of nitrogens with one attached hydrogen (secondary N) is 2. The number of aryl methyl sites for hydroxylation is 2. The molecule has 0 spiro atoms. The van der Waals surface area contributed by atoms with Gasteiger partial charge in [-0.3, -0.25) is 0 Å². The van der Waals surface area contributed by atoms with E-state index >= 15 is 0 Å². The van der Waals surface area contributed by atoms with E-state index in [4.69, 9.17) is 9.26 Å². The molecule has 7 heteroatoms. The van der Waals surface area contributed by atoms with Crippen LogP contribution in [-0.4, -0.2) is 31.3 Å². The van der Waals surface area contributed by atoms with Crippen LogP contribution in [0.5, 0.6) is 5.75 Å². The molecule has 0 amide bonds. The van der Waals surface area contributed by atoms with E-state index in [0.717, 1.165) is 49.1 Å². The van der Waals surface area contributed by atoms with E-state index < -0.39 is 0 Å². The largest absolute Gasteiger partial charge is 0.496 e. The van der Waals surface area contributed by atoms with Crippen LogP contribution in [0.1, 0.15) is 36.4 Å². The first-order valence-corrected chi connectivity index (χ1v) is 8.76. The predicted octanol–water partition coefficient (Wildman–Crippen LogP) is 3.47. The molecule has 0 fully saturated rings. The van der Waals surface area contributed by atoms with Crippen LogP contribution in [-0.2, 0) is 19.4 Å². The lowest BCUT2D eigenvalue weighted by Crippen LogP contribution is -2.38. The Bertz CT molecular complexity index is 701. The van der Waals surface area contributed by atoms with Crippen LogP contribution in [0, 0.1) is 6.92 Å². The summed E-state index contributed by atoms with van der Waals surface area (Å²) in [6.07, 6.45) is 1.72. The summed E-state index contributed by atoms with van der Waals surface area (Å²) < 4.78 is 10.7. The van der Waals surface area contributed by atoms with E-state index in [1.807, 2.05) is 19.1 Å². The topological polar surface area (TPSA) is 71.7 Å². The number of hydrogen-bond donors (Lipinski definition) is 2. The van der Waals surface area contributed by atoms with Gasteiger partial charge in [-0.2, -0.15) is 0 Å². The van der Waals surface area contributed by atoms with Gasteiger partial charge in [0.1, 0.15) is 12.3 Å². The van der Waals surface area contributed by atoms with Crippen molar-refractivity contribution in [1.82, 2.24) is 15.8 Å². The first kappa shape index (κ1) is 22.3. The molecule has 0 aliphatic heterocycles. The minimum atomic E-state index is 0. The highest BCUT2D eigenvalue weighted by molar-refractivity contribution is 14.0. The highest BCUT2D eigenvalue weighted by Gasteiger charge is 2.05. The molecular formula is C19H29IN4O2. The minimum Gasteiger partial charge on any atom is -0.496 e. The summed E-state index contributed by atoms with van der Waals surface area (Å²) in [5.74, 6) is 2.46. The van der Waals surface area contributed by atoms with Gasteiger partial charge in [0.15, 0.2) is 11.7 Å². The number of nitrogens with zero attached hydrogens (tertiary/aromatic N) is 2. The fraction of sp³-hybridized carbons (Fsp3) is 0.474. The average Bonchev–Trinajstić information content (AvgIpc) is 3.08. The zero-order valence-corrected chi connectivity index (χ0v) is 18.3. The van der Waals surface area contributed by atoms with Gasteiger partial charge in [-0.25, -0.2) is 4.99 Å². The van der Waals surface area contributed by atoms with Crippen LogP contribution >= 0.6 is 24.0 Å². The summed E-state index contributed by atoms with van der Waals surface area (Å²) in [4.78, 5) is 4.55. The molecule has 144 valence electrons. The van der Waals surface area contributed by atoms with Gasteiger partial charge in [-0.05, 0) is 38.3 Å². The summed E-state index contributed by atoms with van der Waals surface area (Å²) in [5.41, 5.74) is 3.37.